The highest BCUT2D eigenvalue weighted by Crippen LogP contribution is 2.30. The summed E-state index contributed by atoms with van der Waals surface area (Å²) in [4.78, 5) is 3.23. The van der Waals surface area contributed by atoms with Crippen LogP contribution in [0.25, 0.3) is 11.4 Å². The molecule has 3 aromatic rings. The Labute approximate surface area is 150 Å². The Kier molecular flexibility index (Phi) is 4.72. The molecule has 0 fully saturated rings. The zero-order valence-corrected chi connectivity index (χ0v) is 14.3. The molecule has 3 rings (SSSR count). The van der Waals surface area contributed by atoms with Crippen LogP contribution in [0.1, 0.15) is 5.89 Å². The Balaban J connectivity index is 2.00. The highest BCUT2D eigenvalue weighted by molar-refractivity contribution is 7.93. The molecule has 0 bridgehead atoms. The van der Waals surface area contributed by atoms with Crippen molar-refractivity contribution in [2.24, 2.45) is 4.36 Å². The van der Waals surface area contributed by atoms with Gasteiger partial charge in [0.25, 0.3) is 0 Å². The van der Waals surface area contributed by atoms with Crippen molar-refractivity contribution in [3.05, 3.63) is 60.0 Å². The third-order valence-electron chi connectivity index (χ3n) is 3.38. The van der Waals surface area contributed by atoms with Crippen LogP contribution < -0.4 is 0 Å². The third-order valence-corrected chi connectivity index (χ3v) is 5.07. The Bertz CT molecular complexity index is 1120. The fourth-order valence-corrected chi connectivity index (χ4v) is 3.39. The zero-order valence-electron chi connectivity index (χ0n) is 13.5. The van der Waals surface area contributed by atoms with E-state index in [4.69, 9.17) is 0 Å². The van der Waals surface area contributed by atoms with E-state index in [-0.39, 0.29) is 22.0 Å². The van der Waals surface area contributed by atoms with Crippen LogP contribution in [0.5, 0.6) is 0 Å². The number of benzene rings is 2. The van der Waals surface area contributed by atoms with E-state index < -0.39 is 33.4 Å². The van der Waals surface area contributed by atoms with Crippen molar-refractivity contribution < 1.29 is 30.7 Å². The molecule has 0 spiro atoms. The van der Waals surface area contributed by atoms with Crippen LogP contribution in [0, 0.1) is 11.6 Å². The Hall–Kier alpha value is -2.82. The second kappa shape index (κ2) is 6.72. The summed E-state index contributed by atoms with van der Waals surface area (Å²) in [6.45, 7) is 0. The van der Waals surface area contributed by atoms with Crippen molar-refractivity contribution in [3.63, 3.8) is 0 Å². The summed E-state index contributed by atoms with van der Waals surface area (Å²) >= 11 is 0. The fraction of sp³-hybridized carbons (Fsp3) is 0.125. The predicted molar refractivity (Wildman–Crippen MR) is 85.5 cm³/mol. The number of alkyl halides is 3. The van der Waals surface area contributed by atoms with Gasteiger partial charge < -0.3 is 4.52 Å². The second-order valence-corrected chi connectivity index (χ2v) is 7.70. The number of aromatic nitrogens is 2. The average molecular weight is 403 g/mol. The van der Waals surface area contributed by atoms with Crippen LogP contribution in [-0.4, -0.2) is 20.6 Å². The quantitative estimate of drug-likeness (QED) is 0.588. The lowest BCUT2D eigenvalue weighted by molar-refractivity contribution is -0.159. The first-order valence-corrected chi connectivity index (χ1v) is 9.17. The van der Waals surface area contributed by atoms with E-state index in [0.29, 0.717) is 0 Å². The maximum Gasteiger partial charge on any atom is 0.471 e. The third kappa shape index (κ3) is 4.13. The van der Waals surface area contributed by atoms with Gasteiger partial charge in [0.2, 0.25) is 5.82 Å². The van der Waals surface area contributed by atoms with Crippen molar-refractivity contribution in [1.82, 2.24) is 10.1 Å². The van der Waals surface area contributed by atoms with Gasteiger partial charge in [-0.2, -0.15) is 22.5 Å². The minimum absolute atomic E-state index is 0.0364. The molecule has 0 aliphatic carbocycles. The number of hydrogen-bond acceptors (Lipinski definition) is 5. The van der Waals surface area contributed by atoms with E-state index >= 15 is 0 Å². The normalized spacial score (nSPS) is 14.0. The monoisotopic (exact) mass is 403 g/mol. The van der Waals surface area contributed by atoms with Crippen molar-refractivity contribution in [1.29, 1.82) is 0 Å². The van der Waals surface area contributed by atoms with E-state index in [1.807, 2.05) is 0 Å². The molecule has 27 heavy (non-hydrogen) atoms. The molecule has 0 amide bonds. The lowest BCUT2D eigenvalue weighted by atomic mass is 10.2. The highest BCUT2D eigenvalue weighted by Gasteiger charge is 2.38. The van der Waals surface area contributed by atoms with Gasteiger partial charge in [-0.15, -0.1) is 0 Å². The van der Waals surface area contributed by atoms with E-state index in [9.17, 15) is 26.2 Å². The van der Waals surface area contributed by atoms with Gasteiger partial charge in [0.05, 0.1) is 20.3 Å². The van der Waals surface area contributed by atoms with Gasteiger partial charge in [-0.25, -0.2) is 13.0 Å². The number of hydrogen-bond donors (Lipinski definition) is 0. The van der Waals surface area contributed by atoms with E-state index in [1.165, 1.54) is 30.5 Å². The molecule has 0 radical (unpaired) electrons. The molecular weight excluding hydrogens is 393 g/mol. The molecule has 0 aliphatic heterocycles. The number of nitrogens with zero attached hydrogens (tertiary/aromatic N) is 3. The molecule has 5 nitrogen and oxygen atoms in total. The maximum atomic E-state index is 13.4. The summed E-state index contributed by atoms with van der Waals surface area (Å²) in [5.74, 6) is -4.08. The van der Waals surface area contributed by atoms with E-state index in [0.717, 1.165) is 18.2 Å². The van der Waals surface area contributed by atoms with Crippen molar-refractivity contribution in [2.45, 2.75) is 11.1 Å². The largest absolute Gasteiger partial charge is 0.471 e. The highest BCUT2D eigenvalue weighted by atomic mass is 32.2. The topological polar surface area (TPSA) is 68.3 Å². The summed E-state index contributed by atoms with van der Waals surface area (Å²) in [7, 11) is -3.15. The van der Waals surface area contributed by atoms with Gasteiger partial charge in [0, 0.05) is 11.8 Å². The predicted octanol–water partition coefficient (Wildman–Crippen LogP) is 4.82. The van der Waals surface area contributed by atoms with Crippen LogP contribution in [0.4, 0.5) is 27.6 Å². The fourth-order valence-electron chi connectivity index (χ4n) is 2.12. The molecule has 2 aromatic carbocycles. The van der Waals surface area contributed by atoms with Crippen molar-refractivity contribution in [2.75, 3.05) is 6.26 Å². The molecular formula is C16H10F5N3O2S. The van der Waals surface area contributed by atoms with Crippen LogP contribution in [0.15, 0.2) is 56.2 Å². The summed E-state index contributed by atoms with van der Waals surface area (Å²) in [6, 6.07) is 8.35. The molecule has 0 N–H and O–H groups in total. The van der Waals surface area contributed by atoms with Crippen LogP contribution in [-0.2, 0) is 15.9 Å². The Morgan fingerprint density at radius 1 is 1.07 bits per heavy atom. The lowest BCUT2D eigenvalue weighted by Crippen LogP contribution is -2.04. The van der Waals surface area contributed by atoms with Crippen LogP contribution in [0.3, 0.4) is 0 Å². The Morgan fingerprint density at radius 3 is 2.44 bits per heavy atom. The molecule has 0 saturated carbocycles. The SMILES string of the molecule is CS(=O)(=Nc1cccc(-c2noc(C(F)(F)F)n2)c1)c1ccc(F)c(F)c1. The first-order valence-electron chi connectivity index (χ1n) is 7.25. The molecule has 1 heterocycles. The van der Waals surface area contributed by atoms with Gasteiger partial charge in [0.1, 0.15) is 0 Å². The summed E-state index contributed by atoms with van der Waals surface area (Å²) < 4.78 is 85.0. The smallest absolute Gasteiger partial charge is 0.329 e. The summed E-state index contributed by atoms with van der Waals surface area (Å²) in [5, 5.41) is 3.26. The summed E-state index contributed by atoms with van der Waals surface area (Å²) in [6.07, 6.45) is -3.56. The van der Waals surface area contributed by atoms with Crippen LogP contribution >= 0.6 is 0 Å². The number of halogens is 5. The zero-order chi connectivity index (χ0) is 19.8. The van der Waals surface area contributed by atoms with Gasteiger partial charge in [-0.1, -0.05) is 17.3 Å². The maximum absolute atomic E-state index is 13.4. The van der Waals surface area contributed by atoms with Gasteiger partial charge in [0.15, 0.2) is 11.6 Å². The average Bonchev–Trinajstić information content (AvgIpc) is 3.07. The van der Waals surface area contributed by atoms with Crippen LogP contribution in [0.2, 0.25) is 0 Å². The molecule has 1 atom stereocenters. The number of rotatable bonds is 3. The van der Waals surface area contributed by atoms with E-state index in [2.05, 4.69) is 19.0 Å². The Morgan fingerprint density at radius 2 is 1.81 bits per heavy atom. The minimum Gasteiger partial charge on any atom is -0.329 e. The van der Waals surface area contributed by atoms with Gasteiger partial charge in [-0.3, -0.25) is 0 Å². The van der Waals surface area contributed by atoms with Crippen molar-refractivity contribution >= 4 is 15.4 Å². The molecule has 142 valence electrons. The first kappa shape index (κ1) is 19.0. The molecule has 11 heteroatoms. The van der Waals surface area contributed by atoms with Gasteiger partial charge in [-0.05, 0) is 30.3 Å². The van der Waals surface area contributed by atoms with Crippen molar-refractivity contribution in [3.8, 4) is 11.4 Å². The standard InChI is InChI=1S/C16H10F5N3O2S/c1-27(25,11-5-6-12(17)13(18)8-11)24-10-4-2-3-9(7-10)14-22-15(26-23-14)16(19,20)21/h2-8H,1H3. The molecule has 0 aliphatic rings. The minimum atomic E-state index is -4.78. The van der Waals surface area contributed by atoms with E-state index in [1.54, 1.807) is 0 Å². The molecule has 1 aromatic heterocycles. The first-order chi connectivity index (χ1) is 12.6. The summed E-state index contributed by atoms with van der Waals surface area (Å²) in [5.41, 5.74) is 0.277. The molecule has 1 unspecified atom stereocenters. The van der Waals surface area contributed by atoms with Gasteiger partial charge >= 0.3 is 12.1 Å². The lowest BCUT2D eigenvalue weighted by Gasteiger charge is -2.06. The second-order valence-electron chi connectivity index (χ2n) is 5.44. The molecule has 0 saturated heterocycles.